The van der Waals surface area contributed by atoms with E-state index in [1.54, 1.807) is 0 Å². The summed E-state index contributed by atoms with van der Waals surface area (Å²) in [6.07, 6.45) is 2.40. The van der Waals surface area contributed by atoms with Gasteiger partial charge >= 0.3 is 0 Å². The highest BCUT2D eigenvalue weighted by atomic mass is 35.5. The Hall–Kier alpha value is -0.400. The maximum absolute atomic E-state index is 13.8. The van der Waals surface area contributed by atoms with Gasteiger partial charge in [0.1, 0.15) is 4.90 Å². The molecule has 8 heteroatoms. The van der Waals surface area contributed by atoms with Gasteiger partial charge in [0.25, 0.3) is 0 Å². The van der Waals surface area contributed by atoms with Crippen molar-refractivity contribution in [3.63, 3.8) is 0 Å². The van der Waals surface area contributed by atoms with Crippen molar-refractivity contribution < 1.29 is 12.8 Å². The summed E-state index contributed by atoms with van der Waals surface area (Å²) in [4.78, 5) is -0.204. The lowest BCUT2D eigenvalue weighted by Gasteiger charge is -2.27. The minimum absolute atomic E-state index is 0.0511. The fraction of sp³-hybridized carbons (Fsp3) is 0.538. The van der Waals surface area contributed by atoms with E-state index in [0.29, 0.717) is 6.54 Å². The van der Waals surface area contributed by atoms with E-state index < -0.39 is 20.9 Å². The average molecular weight is 353 g/mol. The summed E-state index contributed by atoms with van der Waals surface area (Å²) < 4.78 is 41.1. The van der Waals surface area contributed by atoms with Crippen molar-refractivity contribution in [3.05, 3.63) is 28.0 Å². The summed E-state index contributed by atoms with van der Waals surface area (Å²) in [6.45, 7) is 1.40. The lowest BCUT2D eigenvalue weighted by molar-refractivity contribution is 0.334. The lowest BCUT2D eigenvalue weighted by atomic mass is 10.1. The third-order valence-electron chi connectivity index (χ3n) is 4.14. The molecule has 3 rings (SSSR count). The largest absolute Gasteiger partial charge is 0.315 e. The Morgan fingerprint density at radius 1 is 1.19 bits per heavy atom. The van der Waals surface area contributed by atoms with Crippen molar-refractivity contribution in [3.8, 4) is 0 Å². The Balaban J connectivity index is 2.07. The molecule has 0 saturated carbocycles. The molecule has 2 aliphatic rings. The third kappa shape index (κ3) is 2.57. The van der Waals surface area contributed by atoms with Gasteiger partial charge in [-0.3, -0.25) is 0 Å². The minimum atomic E-state index is -3.83. The molecule has 2 bridgehead atoms. The van der Waals surface area contributed by atoms with E-state index >= 15 is 0 Å². The molecule has 2 fully saturated rings. The molecular formula is C13H15Cl2FN2O2S. The van der Waals surface area contributed by atoms with Crippen LogP contribution in [0.15, 0.2) is 17.0 Å². The van der Waals surface area contributed by atoms with Gasteiger partial charge in [-0.05, 0) is 37.9 Å². The fourth-order valence-electron chi connectivity index (χ4n) is 3.15. The van der Waals surface area contributed by atoms with E-state index in [1.165, 1.54) is 16.4 Å². The number of fused-ring (bicyclic) bond motifs is 2. The molecule has 4 nitrogen and oxygen atoms in total. The zero-order valence-electron chi connectivity index (χ0n) is 11.2. The highest BCUT2D eigenvalue weighted by Gasteiger charge is 2.44. The first-order valence-electron chi connectivity index (χ1n) is 6.80. The van der Waals surface area contributed by atoms with Gasteiger partial charge in [-0.1, -0.05) is 23.2 Å². The number of halogens is 3. The summed E-state index contributed by atoms with van der Waals surface area (Å²) >= 11 is 11.5. The topological polar surface area (TPSA) is 49.4 Å². The van der Waals surface area contributed by atoms with Crippen molar-refractivity contribution in [2.24, 2.45) is 0 Å². The van der Waals surface area contributed by atoms with Gasteiger partial charge in [-0.25, -0.2) is 12.8 Å². The minimum Gasteiger partial charge on any atom is -0.315 e. The second kappa shape index (κ2) is 5.66. The Kier molecular flexibility index (Phi) is 4.18. The van der Waals surface area contributed by atoms with E-state index in [-0.39, 0.29) is 22.0 Å². The van der Waals surface area contributed by atoms with Crippen molar-refractivity contribution >= 4 is 33.2 Å². The zero-order chi connectivity index (χ0) is 15.2. The van der Waals surface area contributed by atoms with Crippen LogP contribution in [0, 0.1) is 5.82 Å². The van der Waals surface area contributed by atoms with E-state index in [9.17, 15) is 12.8 Å². The molecule has 0 amide bonds. The molecule has 2 unspecified atom stereocenters. The highest BCUT2D eigenvalue weighted by molar-refractivity contribution is 7.89. The monoisotopic (exact) mass is 352 g/mol. The number of hydrogen-bond donors (Lipinski definition) is 1. The van der Waals surface area contributed by atoms with Crippen LogP contribution in [0.2, 0.25) is 10.0 Å². The summed E-state index contributed by atoms with van der Waals surface area (Å²) in [5.41, 5.74) is 0. The molecule has 2 aliphatic heterocycles. The van der Waals surface area contributed by atoms with Gasteiger partial charge in [-0.2, -0.15) is 4.31 Å². The number of nitrogens with one attached hydrogen (secondary N) is 1. The van der Waals surface area contributed by atoms with E-state index in [4.69, 9.17) is 23.2 Å². The first kappa shape index (κ1) is 15.5. The molecular weight excluding hydrogens is 338 g/mol. The number of rotatable bonds is 2. The van der Waals surface area contributed by atoms with Crippen LogP contribution in [0.5, 0.6) is 0 Å². The number of sulfonamides is 1. The molecule has 0 aliphatic carbocycles. The molecule has 1 N–H and O–H groups in total. The Labute approximate surface area is 133 Å². The SMILES string of the molecule is O=S(=O)(c1ccc(Cl)c(F)c1Cl)N1C2CCNCC1CC2. The van der Waals surface area contributed by atoms with Crippen LogP contribution >= 0.6 is 23.2 Å². The zero-order valence-corrected chi connectivity index (χ0v) is 13.5. The third-order valence-corrected chi connectivity index (χ3v) is 6.96. The predicted octanol–water partition coefficient (Wildman–Crippen LogP) is 2.65. The smallest absolute Gasteiger partial charge is 0.245 e. The molecule has 0 radical (unpaired) electrons. The summed E-state index contributed by atoms with van der Waals surface area (Å²) in [5, 5.41) is 2.62. The van der Waals surface area contributed by atoms with Crippen LogP contribution in [0.4, 0.5) is 4.39 Å². The first-order chi connectivity index (χ1) is 9.93. The number of hydrogen-bond acceptors (Lipinski definition) is 3. The van der Waals surface area contributed by atoms with E-state index in [2.05, 4.69) is 5.32 Å². The van der Waals surface area contributed by atoms with Crippen LogP contribution < -0.4 is 5.32 Å². The van der Waals surface area contributed by atoms with Crippen molar-refractivity contribution in [1.82, 2.24) is 9.62 Å². The van der Waals surface area contributed by atoms with E-state index in [1.807, 2.05) is 0 Å². The van der Waals surface area contributed by atoms with Gasteiger partial charge in [0.05, 0.1) is 10.0 Å². The molecule has 0 spiro atoms. The van der Waals surface area contributed by atoms with Gasteiger partial charge in [0, 0.05) is 18.6 Å². The first-order valence-corrected chi connectivity index (χ1v) is 9.00. The molecule has 2 saturated heterocycles. The standard InChI is InChI=1S/C13H15Cl2FN2O2S/c14-10-3-4-11(12(15)13(10)16)21(19,20)18-8-1-2-9(18)7-17-6-5-8/h3-4,8-9,17H,1-2,5-7H2. The van der Waals surface area contributed by atoms with E-state index in [0.717, 1.165) is 25.8 Å². The molecule has 2 heterocycles. The Morgan fingerprint density at radius 3 is 2.67 bits per heavy atom. The maximum atomic E-state index is 13.8. The summed E-state index contributed by atoms with van der Waals surface area (Å²) in [7, 11) is -3.83. The average Bonchev–Trinajstić information content (AvgIpc) is 2.70. The fourth-order valence-corrected chi connectivity index (χ4v) is 5.77. The maximum Gasteiger partial charge on any atom is 0.245 e. The summed E-state index contributed by atoms with van der Waals surface area (Å²) in [5.74, 6) is -0.889. The van der Waals surface area contributed by atoms with Gasteiger partial charge in [0.15, 0.2) is 5.82 Å². The van der Waals surface area contributed by atoms with Gasteiger partial charge < -0.3 is 5.32 Å². The quantitative estimate of drug-likeness (QED) is 0.832. The van der Waals surface area contributed by atoms with Crippen LogP contribution in [0.25, 0.3) is 0 Å². The van der Waals surface area contributed by atoms with Crippen molar-refractivity contribution in [2.75, 3.05) is 13.1 Å². The summed E-state index contributed by atoms with van der Waals surface area (Å²) in [6, 6.07) is 2.36. The Morgan fingerprint density at radius 2 is 1.90 bits per heavy atom. The normalized spacial score (nSPS) is 26.8. The molecule has 21 heavy (non-hydrogen) atoms. The second-order valence-corrected chi connectivity index (χ2v) is 7.98. The van der Waals surface area contributed by atoms with Crippen molar-refractivity contribution in [2.45, 2.75) is 36.2 Å². The lowest BCUT2D eigenvalue weighted by Crippen LogP contribution is -2.42. The van der Waals surface area contributed by atoms with Crippen LogP contribution in [0.3, 0.4) is 0 Å². The van der Waals surface area contributed by atoms with Crippen molar-refractivity contribution in [1.29, 1.82) is 0 Å². The van der Waals surface area contributed by atoms with Gasteiger partial charge in [-0.15, -0.1) is 0 Å². The predicted molar refractivity (Wildman–Crippen MR) is 79.7 cm³/mol. The van der Waals surface area contributed by atoms with Crippen LogP contribution in [0.1, 0.15) is 19.3 Å². The molecule has 1 aromatic rings. The Bertz CT molecular complexity index is 654. The van der Waals surface area contributed by atoms with Gasteiger partial charge in [0.2, 0.25) is 10.0 Å². The number of benzene rings is 1. The van der Waals surface area contributed by atoms with Crippen LogP contribution in [-0.4, -0.2) is 37.9 Å². The molecule has 116 valence electrons. The second-order valence-electron chi connectivity index (χ2n) is 5.39. The molecule has 1 aromatic carbocycles. The molecule has 2 atom stereocenters. The number of nitrogens with zero attached hydrogens (tertiary/aromatic N) is 1. The van der Waals surface area contributed by atoms with Crippen LogP contribution in [-0.2, 0) is 10.0 Å². The highest BCUT2D eigenvalue weighted by Crippen LogP contribution is 2.37. The molecule has 0 aromatic heterocycles.